The fraction of sp³-hybridized carbons (Fsp3) is 0.562. The van der Waals surface area contributed by atoms with Gasteiger partial charge in [0.05, 0.1) is 10.8 Å². The average molecular weight is 419 g/mol. The number of carbonyl (C=O) groups is 1. The van der Waals surface area contributed by atoms with Crippen LogP contribution in [-0.4, -0.2) is 67.7 Å². The normalized spacial score (nSPS) is 21.3. The molecule has 0 radical (unpaired) electrons. The number of halogens is 1. The Morgan fingerprint density at radius 2 is 1.85 bits per heavy atom. The molecule has 0 aromatic heterocycles. The van der Waals surface area contributed by atoms with E-state index < -0.39 is 20.6 Å². The van der Waals surface area contributed by atoms with Gasteiger partial charge in [0.1, 0.15) is 0 Å². The Labute approximate surface area is 164 Å². The largest absolute Gasteiger partial charge is 0.340 e. The predicted molar refractivity (Wildman–Crippen MR) is 101 cm³/mol. The molecule has 1 unspecified atom stereocenters. The molecule has 1 amide bonds. The first kappa shape index (κ1) is 21.5. The van der Waals surface area contributed by atoms with Gasteiger partial charge in [-0.25, -0.2) is 8.42 Å². The van der Waals surface area contributed by atoms with Gasteiger partial charge in [-0.1, -0.05) is 12.1 Å². The minimum absolute atomic E-state index is 0. The van der Waals surface area contributed by atoms with Crippen molar-refractivity contribution in [2.45, 2.75) is 17.7 Å². The highest BCUT2D eigenvalue weighted by Gasteiger charge is 2.35. The van der Waals surface area contributed by atoms with Crippen molar-refractivity contribution in [2.75, 3.05) is 39.3 Å². The molecule has 2 fully saturated rings. The maximum atomic E-state index is 12.8. The number of hydrogen-bond acceptors (Lipinski definition) is 6. The van der Waals surface area contributed by atoms with Gasteiger partial charge < -0.3 is 10.2 Å². The molecule has 2 heterocycles. The number of carbonyl (C=O) groups excluding carboxylic acids is 1. The zero-order valence-electron chi connectivity index (χ0n) is 14.7. The molecule has 1 atom stereocenters. The van der Waals surface area contributed by atoms with Gasteiger partial charge in [-0.2, -0.15) is 4.31 Å². The molecule has 1 N–H and O–H groups in total. The van der Waals surface area contributed by atoms with Gasteiger partial charge in [0, 0.05) is 38.8 Å². The highest BCUT2D eigenvalue weighted by molar-refractivity contribution is 7.89. The molecule has 150 valence electrons. The van der Waals surface area contributed by atoms with Crippen molar-refractivity contribution in [3.05, 3.63) is 34.4 Å². The van der Waals surface area contributed by atoms with Crippen molar-refractivity contribution >= 4 is 34.0 Å². The highest BCUT2D eigenvalue weighted by atomic mass is 35.5. The Balaban J connectivity index is 0.00000261. The first-order valence-electron chi connectivity index (χ1n) is 8.64. The van der Waals surface area contributed by atoms with Crippen molar-refractivity contribution < 1.29 is 18.1 Å². The van der Waals surface area contributed by atoms with Crippen LogP contribution in [0.3, 0.4) is 0 Å². The minimum atomic E-state index is -3.97. The standard InChI is InChI=1S/C16H22N4O5S.ClH/c21-16(13-4-3-7-17-12-13)18-8-10-19(11-9-18)26(24,25)15-6-2-1-5-14(15)20(22)23;/h1-2,5-6,13,17H,3-4,7-12H2;1H. The number of nitrogens with zero attached hydrogens (tertiary/aromatic N) is 3. The van der Waals surface area contributed by atoms with Gasteiger partial charge in [-0.05, 0) is 25.5 Å². The molecular weight excluding hydrogens is 396 g/mol. The topological polar surface area (TPSA) is 113 Å². The van der Waals surface area contributed by atoms with Gasteiger partial charge in [-0.3, -0.25) is 14.9 Å². The molecule has 3 rings (SSSR count). The van der Waals surface area contributed by atoms with E-state index >= 15 is 0 Å². The summed E-state index contributed by atoms with van der Waals surface area (Å²) >= 11 is 0. The van der Waals surface area contributed by atoms with Gasteiger partial charge in [-0.15, -0.1) is 12.4 Å². The third-order valence-corrected chi connectivity index (χ3v) is 6.82. The molecular formula is C16H23ClN4O5S. The lowest BCUT2D eigenvalue weighted by atomic mass is 9.98. The molecule has 0 spiro atoms. The summed E-state index contributed by atoms with van der Waals surface area (Å²) in [6, 6.07) is 5.34. The number of nitro benzene ring substituents is 1. The summed E-state index contributed by atoms with van der Waals surface area (Å²) in [5.41, 5.74) is -0.431. The lowest BCUT2D eigenvalue weighted by Crippen LogP contribution is -2.53. The van der Waals surface area contributed by atoms with Crippen LogP contribution in [0, 0.1) is 16.0 Å². The second kappa shape index (κ2) is 8.96. The summed E-state index contributed by atoms with van der Waals surface area (Å²) in [6.07, 6.45) is 1.81. The quantitative estimate of drug-likeness (QED) is 0.572. The van der Waals surface area contributed by atoms with Gasteiger partial charge in [0.25, 0.3) is 5.69 Å². The molecule has 27 heavy (non-hydrogen) atoms. The van der Waals surface area contributed by atoms with E-state index in [0.717, 1.165) is 19.4 Å². The molecule has 2 aliphatic rings. The molecule has 1 aromatic carbocycles. The summed E-state index contributed by atoms with van der Waals surface area (Å²) in [6.45, 7) is 2.46. The van der Waals surface area contributed by atoms with Gasteiger partial charge in [0.15, 0.2) is 4.90 Å². The maximum Gasteiger partial charge on any atom is 0.289 e. The summed E-state index contributed by atoms with van der Waals surface area (Å²) in [5, 5.41) is 14.3. The van der Waals surface area contributed by atoms with Crippen LogP contribution in [0.2, 0.25) is 0 Å². The van der Waals surface area contributed by atoms with Crippen molar-refractivity contribution in [1.29, 1.82) is 0 Å². The van der Waals surface area contributed by atoms with Crippen molar-refractivity contribution in [3.8, 4) is 0 Å². The van der Waals surface area contributed by atoms with E-state index in [0.29, 0.717) is 19.6 Å². The first-order chi connectivity index (χ1) is 12.4. The molecule has 9 nitrogen and oxygen atoms in total. The van der Waals surface area contributed by atoms with E-state index in [1.807, 2.05) is 0 Å². The van der Waals surface area contributed by atoms with Crippen LogP contribution in [0.1, 0.15) is 12.8 Å². The van der Waals surface area contributed by atoms with Crippen LogP contribution < -0.4 is 5.32 Å². The number of hydrogen-bond donors (Lipinski definition) is 1. The minimum Gasteiger partial charge on any atom is -0.340 e. The molecule has 1 aromatic rings. The molecule has 0 saturated carbocycles. The van der Waals surface area contributed by atoms with E-state index in [-0.39, 0.29) is 42.2 Å². The smallest absolute Gasteiger partial charge is 0.289 e. The molecule has 2 aliphatic heterocycles. The Morgan fingerprint density at radius 3 is 2.44 bits per heavy atom. The number of amides is 1. The average Bonchev–Trinajstić information content (AvgIpc) is 2.68. The van der Waals surface area contributed by atoms with Crippen LogP contribution in [0.4, 0.5) is 5.69 Å². The summed E-state index contributed by atoms with van der Waals surface area (Å²) in [4.78, 5) is 24.4. The second-order valence-electron chi connectivity index (χ2n) is 6.50. The molecule has 2 saturated heterocycles. The van der Waals surface area contributed by atoms with Crippen LogP contribution >= 0.6 is 12.4 Å². The Kier molecular flexibility index (Phi) is 7.15. The summed E-state index contributed by atoms with van der Waals surface area (Å²) < 4.78 is 26.8. The van der Waals surface area contributed by atoms with Crippen LogP contribution in [0.15, 0.2) is 29.2 Å². The number of nitrogens with one attached hydrogen (secondary N) is 1. The fourth-order valence-corrected chi connectivity index (χ4v) is 5.01. The third-order valence-electron chi connectivity index (χ3n) is 4.88. The number of para-hydroxylation sites is 1. The summed E-state index contributed by atoms with van der Waals surface area (Å²) in [7, 11) is -3.97. The Morgan fingerprint density at radius 1 is 1.19 bits per heavy atom. The highest BCUT2D eigenvalue weighted by Crippen LogP contribution is 2.27. The van der Waals surface area contributed by atoms with Gasteiger partial charge >= 0.3 is 0 Å². The van der Waals surface area contributed by atoms with Crippen LogP contribution in [0.25, 0.3) is 0 Å². The zero-order chi connectivity index (χ0) is 18.7. The lowest BCUT2D eigenvalue weighted by Gasteiger charge is -2.36. The van der Waals surface area contributed by atoms with Crippen LogP contribution in [-0.2, 0) is 14.8 Å². The van der Waals surface area contributed by atoms with E-state index in [4.69, 9.17) is 0 Å². The first-order valence-corrected chi connectivity index (χ1v) is 10.1. The number of rotatable bonds is 4. The fourth-order valence-electron chi connectivity index (χ4n) is 3.43. The van der Waals surface area contributed by atoms with E-state index in [1.165, 1.54) is 28.6 Å². The predicted octanol–water partition coefficient (Wildman–Crippen LogP) is 0.849. The SMILES string of the molecule is Cl.O=C(C1CCCNC1)N1CCN(S(=O)(=O)c2ccccc2[N+](=O)[O-])CC1. The maximum absolute atomic E-state index is 12.8. The van der Waals surface area contributed by atoms with Crippen molar-refractivity contribution in [1.82, 2.24) is 14.5 Å². The monoisotopic (exact) mass is 418 g/mol. The van der Waals surface area contributed by atoms with E-state index in [9.17, 15) is 23.3 Å². The van der Waals surface area contributed by atoms with Crippen LogP contribution in [0.5, 0.6) is 0 Å². The number of piperidine rings is 1. The number of benzene rings is 1. The van der Waals surface area contributed by atoms with E-state index in [1.54, 1.807) is 4.90 Å². The second-order valence-corrected chi connectivity index (χ2v) is 8.40. The van der Waals surface area contributed by atoms with Crippen molar-refractivity contribution in [3.63, 3.8) is 0 Å². The Hall–Kier alpha value is -1.75. The number of sulfonamides is 1. The summed E-state index contributed by atoms with van der Waals surface area (Å²) in [5.74, 6) is 0.00191. The number of piperazine rings is 1. The zero-order valence-corrected chi connectivity index (χ0v) is 16.4. The third kappa shape index (κ3) is 4.57. The molecule has 0 aliphatic carbocycles. The lowest BCUT2D eigenvalue weighted by molar-refractivity contribution is -0.387. The van der Waals surface area contributed by atoms with Gasteiger partial charge in [0.2, 0.25) is 15.9 Å². The Bertz CT molecular complexity index is 790. The molecule has 11 heteroatoms. The number of nitro groups is 1. The van der Waals surface area contributed by atoms with Crippen molar-refractivity contribution in [2.24, 2.45) is 5.92 Å². The molecule has 0 bridgehead atoms. The van der Waals surface area contributed by atoms with E-state index in [2.05, 4.69) is 5.32 Å².